The van der Waals surface area contributed by atoms with Crippen LogP contribution < -0.4 is 10.6 Å². The van der Waals surface area contributed by atoms with Crippen molar-refractivity contribution in [3.8, 4) is 0 Å². The first-order valence-electron chi connectivity index (χ1n) is 10.6. The zero-order chi connectivity index (χ0) is 23.1. The highest BCUT2D eigenvalue weighted by molar-refractivity contribution is 5.91. The Hall–Kier alpha value is -2.65. The molecule has 0 aliphatic carbocycles. The number of amides is 3. The molecule has 0 radical (unpaired) electrons. The molecule has 1 aliphatic rings. The summed E-state index contributed by atoms with van der Waals surface area (Å²) in [5, 5.41) is 24.3. The summed E-state index contributed by atoms with van der Waals surface area (Å²) < 4.78 is 5.32. The van der Waals surface area contributed by atoms with Crippen LogP contribution in [0.2, 0.25) is 0 Å². The van der Waals surface area contributed by atoms with E-state index in [9.17, 15) is 19.5 Å². The maximum atomic E-state index is 13.3. The molecular weight excluding hydrogens is 402 g/mol. The fourth-order valence-corrected chi connectivity index (χ4v) is 3.58. The van der Waals surface area contributed by atoms with Gasteiger partial charge >= 0.3 is 6.09 Å². The molecule has 1 saturated heterocycles. The molecule has 1 aromatic carbocycles. The standard InChI is InChI=1S/C22H33N3O6/c1-5-14(4)18(24-22(29)30)19(26)23-17(13(2)3)20(27)25-12-31-21(28)16(25)11-15-9-7-6-8-10-15/h6-10,13-14,16-18,21,24,28H,5,11-12H2,1-4H3,(H,23,26)(H,29,30). The minimum Gasteiger partial charge on any atom is -0.465 e. The van der Waals surface area contributed by atoms with Gasteiger partial charge < -0.3 is 30.5 Å². The molecule has 0 bridgehead atoms. The highest BCUT2D eigenvalue weighted by Gasteiger charge is 2.41. The summed E-state index contributed by atoms with van der Waals surface area (Å²) in [7, 11) is 0. The molecule has 5 unspecified atom stereocenters. The van der Waals surface area contributed by atoms with Crippen LogP contribution in [0.3, 0.4) is 0 Å². The van der Waals surface area contributed by atoms with Crippen LogP contribution >= 0.6 is 0 Å². The van der Waals surface area contributed by atoms with Crippen molar-refractivity contribution in [3.63, 3.8) is 0 Å². The molecule has 172 valence electrons. The first-order chi connectivity index (χ1) is 14.6. The van der Waals surface area contributed by atoms with E-state index in [-0.39, 0.29) is 24.5 Å². The van der Waals surface area contributed by atoms with Crippen molar-refractivity contribution >= 4 is 17.9 Å². The lowest BCUT2D eigenvalue weighted by Crippen LogP contribution is -2.58. The number of hydrogen-bond donors (Lipinski definition) is 4. The van der Waals surface area contributed by atoms with E-state index >= 15 is 0 Å². The maximum absolute atomic E-state index is 13.3. The molecule has 0 spiro atoms. The van der Waals surface area contributed by atoms with E-state index in [1.165, 1.54) is 4.90 Å². The molecule has 5 atom stereocenters. The second-order valence-corrected chi connectivity index (χ2v) is 8.29. The number of nitrogens with one attached hydrogen (secondary N) is 2. The summed E-state index contributed by atoms with van der Waals surface area (Å²) >= 11 is 0. The van der Waals surface area contributed by atoms with Gasteiger partial charge in [-0.05, 0) is 23.8 Å². The van der Waals surface area contributed by atoms with Crippen molar-refractivity contribution in [3.05, 3.63) is 35.9 Å². The Balaban J connectivity index is 2.18. The lowest BCUT2D eigenvalue weighted by Gasteiger charge is -2.32. The van der Waals surface area contributed by atoms with Gasteiger partial charge in [0.15, 0.2) is 6.29 Å². The highest BCUT2D eigenvalue weighted by Crippen LogP contribution is 2.22. The van der Waals surface area contributed by atoms with E-state index < -0.39 is 36.4 Å². The number of aliphatic hydroxyl groups excluding tert-OH is 1. The van der Waals surface area contributed by atoms with E-state index in [0.29, 0.717) is 12.8 Å². The average Bonchev–Trinajstić information content (AvgIpc) is 3.09. The lowest BCUT2D eigenvalue weighted by molar-refractivity contribution is -0.140. The second kappa shape index (κ2) is 11.1. The van der Waals surface area contributed by atoms with E-state index in [0.717, 1.165) is 5.56 Å². The van der Waals surface area contributed by atoms with Gasteiger partial charge in [-0.3, -0.25) is 9.59 Å². The normalized spacial score (nSPS) is 21.4. The Morgan fingerprint density at radius 2 is 1.77 bits per heavy atom. The predicted molar refractivity (Wildman–Crippen MR) is 114 cm³/mol. The third-order valence-corrected chi connectivity index (χ3v) is 5.69. The van der Waals surface area contributed by atoms with Crippen LogP contribution in [0.4, 0.5) is 4.79 Å². The third kappa shape index (κ3) is 6.41. The van der Waals surface area contributed by atoms with Crippen LogP contribution in [0.5, 0.6) is 0 Å². The summed E-state index contributed by atoms with van der Waals surface area (Å²) in [6.45, 7) is 7.14. The Labute approximate surface area is 182 Å². The van der Waals surface area contributed by atoms with Gasteiger partial charge in [0, 0.05) is 0 Å². The number of hydrogen-bond acceptors (Lipinski definition) is 5. The van der Waals surface area contributed by atoms with Crippen molar-refractivity contribution in [1.82, 2.24) is 15.5 Å². The fraction of sp³-hybridized carbons (Fsp3) is 0.591. The molecule has 3 amide bonds. The predicted octanol–water partition coefficient (Wildman–Crippen LogP) is 1.56. The van der Waals surface area contributed by atoms with Gasteiger partial charge in [0.05, 0.1) is 6.04 Å². The summed E-state index contributed by atoms with van der Waals surface area (Å²) in [4.78, 5) is 38.8. The van der Waals surface area contributed by atoms with E-state index in [4.69, 9.17) is 9.84 Å². The molecule has 0 saturated carbocycles. The molecule has 9 heteroatoms. The monoisotopic (exact) mass is 435 g/mol. The van der Waals surface area contributed by atoms with Gasteiger partial charge in [-0.15, -0.1) is 0 Å². The summed E-state index contributed by atoms with van der Waals surface area (Å²) in [5.74, 6) is -1.43. The molecule has 2 rings (SSSR count). The number of carbonyl (C=O) groups excluding carboxylic acids is 2. The number of carbonyl (C=O) groups is 3. The number of aliphatic hydroxyl groups is 1. The van der Waals surface area contributed by atoms with Gasteiger partial charge in [-0.1, -0.05) is 64.4 Å². The summed E-state index contributed by atoms with van der Waals surface area (Å²) in [6.07, 6.45) is -1.44. The van der Waals surface area contributed by atoms with Crippen molar-refractivity contribution < 1.29 is 29.3 Å². The Morgan fingerprint density at radius 3 is 2.32 bits per heavy atom. The molecule has 0 aromatic heterocycles. The van der Waals surface area contributed by atoms with Crippen LogP contribution in [0.25, 0.3) is 0 Å². The van der Waals surface area contributed by atoms with Crippen LogP contribution in [0.15, 0.2) is 30.3 Å². The number of benzene rings is 1. The SMILES string of the molecule is CCC(C)C(NC(=O)O)C(=O)NC(C(=O)N1COC(O)C1Cc1ccccc1)C(C)C. The Bertz CT molecular complexity index is 757. The molecule has 1 aliphatic heterocycles. The lowest BCUT2D eigenvalue weighted by atomic mass is 9.96. The molecule has 1 heterocycles. The zero-order valence-electron chi connectivity index (χ0n) is 18.4. The van der Waals surface area contributed by atoms with Crippen LogP contribution in [-0.2, 0) is 20.7 Å². The number of rotatable bonds is 9. The quantitative estimate of drug-likeness (QED) is 0.466. The maximum Gasteiger partial charge on any atom is 0.405 e. The molecule has 9 nitrogen and oxygen atoms in total. The zero-order valence-corrected chi connectivity index (χ0v) is 18.4. The fourth-order valence-electron chi connectivity index (χ4n) is 3.58. The number of nitrogens with zero attached hydrogens (tertiary/aromatic N) is 1. The number of carboxylic acid groups (broad SMARTS) is 1. The minimum atomic E-state index is -1.30. The van der Waals surface area contributed by atoms with E-state index in [1.54, 1.807) is 20.8 Å². The van der Waals surface area contributed by atoms with Crippen LogP contribution in [0, 0.1) is 11.8 Å². The topological polar surface area (TPSA) is 128 Å². The van der Waals surface area contributed by atoms with Crippen molar-refractivity contribution in [2.45, 2.75) is 65.0 Å². The van der Waals surface area contributed by atoms with Crippen molar-refractivity contribution in [2.24, 2.45) is 11.8 Å². The van der Waals surface area contributed by atoms with Gasteiger partial charge in [0.25, 0.3) is 0 Å². The largest absolute Gasteiger partial charge is 0.465 e. The van der Waals surface area contributed by atoms with E-state index in [2.05, 4.69) is 10.6 Å². The van der Waals surface area contributed by atoms with Gasteiger partial charge in [-0.2, -0.15) is 0 Å². The summed E-state index contributed by atoms with van der Waals surface area (Å²) in [6, 6.07) is 7.01. The smallest absolute Gasteiger partial charge is 0.405 e. The highest BCUT2D eigenvalue weighted by atomic mass is 16.6. The minimum absolute atomic E-state index is 0.0846. The number of ether oxygens (including phenoxy) is 1. The Kier molecular flexibility index (Phi) is 8.82. The molecule has 1 fully saturated rings. The average molecular weight is 436 g/mol. The van der Waals surface area contributed by atoms with E-state index in [1.807, 2.05) is 37.3 Å². The van der Waals surface area contributed by atoms with Crippen molar-refractivity contribution in [2.75, 3.05) is 6.73 Å². The third-order valence-electron chi connectivity index (χ3n) is 5.69. The van der Waals surface area contributed by atoms with Crippen LogP contribution in [0.1, 0.15) is 39.7 Å². The molecule has 1 aromatic rings. The molecule has 31 heavy (non-hydrogen) atoms. The summed E-state index contributed by atoms with van der Waals surface area (Å²) in [5.41, 5.74) is 0.947. The van der Waals surface area contributed by atoms with Gasteiger partial charge in [0.2, 0.25) is 11.8 Å². The van der Waals surface area contributed by atoms with Gasteiger partial charge in [0.1, 0.15) is 18.8 Å². The van der Waals surface area contributed by atoms with Crippen molar-refractivity contribution in [1.29, 1.82) is 0 Å². The van der Waals surface area contributed by atoms with Gasteiger partial charge in [-0.25, -0.2) is 4.79 Å². The first kappa shape index (κ1) is 24.6. The molecular formula is C22H33N3O6. The molecule has 4 N–H and O–H groups in total. The first-order valence-corrected chi connectivity index (χ1v) is 10.6. The Morgan fingerprint density at radius 1 is 1.13 bits per heavy atom. The second-order valence-electron chi connectivity index (χ2n) is 8.29. The van der Waals surface area contributed by atoms with Crippen LogP contribution in [-0.4, -0.2) is 64.2 Å².